The van der Waals surface area contributed by atoms with Crippen LogP contribution in [0.1, 0.15) is 26.0 Å². The van der Waals surface area contributed by atoms with Crippen molar-refractivity contribution in [3.63, 3.8) is 0 Å². The van der Waals surface area contributed by atoms with Gasteiger partial charge in [-0.05, 0) is 43.2 Å². The first kappa shape index (κ1) is 22.0. The number of rotatable bonds is 9. The summed E-state index contributed by atoms with van der Waals surface area (Å²) in [6.07, 6.45) is 2.54. The Labute approximate surface area is 194 Å². The van der Waals surface area contributed by atoms with Crippen molar-refractivity contribution in [3.05, 3.63) is 87.4 Å². The summed E-state index contributed by atoms with van der Waals surface area (Å²) in [5.41, 5.74) is 1.96. The number of carbonyl (C=O) groups excluding carboxylic acids is 2. The minimum atomic E-state index is -0.702. The average molecular weight is 466 g/mol. The third-order valence-corrected chi connectivity index (χ3v) is 6.79. The fourth-order valence-electron chi connectivity index (χ4n) is 3.25. The molecule has 0 fully saturated rings. The predicted octanol–water partition coefficient (Wildman–Crippen LogP) is 4.47. The molecule has 3 aromatic heterocycles. The maximum Gasteiger partial charge on any atom is 0.287 e. The van der Waals surface area contributed by atoms with Crippen LogP contribution in [0.15, 0.2) is 70.7 Å². The van der Waals surface area contributed by atoms with Gasteiger partial charge in [0.1, 0.15) is 6.04 Å². The summed E-state index contributed by atoms with van der Waals surface area (Å²) in [4.78, 5) is 32.2. The number of thiophene rings is 1. The zero-order chi connectivity index (χ0) is 22.3. The molecule has 0 spiro atoms. The molecule has 0 aliphatic heterocycles. The number of aromatic nitrogens is 1. The number of furan rings is 1. The first-order valence-electron chi connectivity index (χ1n) is 10.3. The van der Waals surface area contributed by atoms with E-state index in [0.717, 1.165) is 21.1 Å². The largest absolute Gasteiger partial charge is 0.459 e. The topological polar surface area (TPSA) is 84.2 Å². The molecule has 1 atom stereocenters. The number of benzene rings is 1. The number of nitrogens with zero attached hydrogens (tertiary/aromatic N) is 1. The standard InChI is InChI=1S/C24H23N3O3S2/c1-16-26-20(15-31-16)22-10-9-18(32-22)11-12-25-23(28)19(14-17-6-3-2-4-7-17)27-24(29)21-8-5-13-30-21/h2-10,13,15,19H,11-12,14H2,1H3,(H,25,28)(H,27,29)/t19-/m0/s1. The summed E-state index contributed by atoms with van der Waals surface area (Å²) in [6, 6.07) is 16.3. The molecule has 4 rings (SSSR count). The zero-order valence-corrected chi connectivity index (χ0v) is 19.2. The van der Waals surface area contributed by atoms with Gasteiger partial charge < -0.3 is 15.1 Å². The SMILES string of the molecule is Cc1nc(-c2ccc(CCNC(=O)[C@H](Cc3ccccc3)NC(=O)c3ccco3)s2)cs1. The number of nitrogens with one attached hydrogen (secondary N) is 2. The van der Waals surface area contributed by atoms with Crippen LogP contribution in [0.5, 0.6) is 0 Å². The van der Waals surface area contributed by atoms with Gasteiger partial charge in [-0.1, -0.05) is 30.3 Å². The Morgan fingerprint density at radius 2 is 1.94 bits per heavy atom. The van der Waals surface area contributed by atoms with Gasteiger partial charge in [0.05, 0.1) is 21.8 Å². The lowest BCUT2D eigenvalue weighted by atomic mass is 10.0. The van der Waals surface area contributed by atoms with Gasteiger partial charge in [0.15, 0.2) is 5.76 Å². The van der Waals surface area contributed by atoms with Crippen LogP contribution in [0.3, 0.4) is 0 Å². The number of hydrogen-bond acceptors (Lipinski definition) is 6. The molecule has 0 unspecified atom stereocenters. The smallest absolute Gasteiger partial charge is 0.287 e. The molecule has 8 heteroatoms. The number of carbonyl (C=O) groups is 2. The van der Waals surface area contributed by atoms with Crippen LogP contribution in [-0.4, -0.2) is 29.4 Å². The maximum absolute atomic E-state index is 12.9. The Kier molecular flexibility index (Phi) is 7.14. The van der Waals surface area contributed by atoms with Gasteiger partial charge in [-0.15, -0.1) is 22.7 Å². The third-order valence-electron chi connectivity index (χ3n) is 4.85. The van der Waals surface area contributed by atoms with Gasteiger partial charge >= 0.3 is 0 Å². The first-order valence-corrected chi connectivity index (χ1v) is 12.0. The van der Waals surface area contributed by atoms with Crippen LogP contribution in [-0.2, 0) is 17.6 Å². The van der Waals surface area contributed by atoms with Crippen LogP contribution in [0.2, 0.25) is 0 Å². The van der Waals surface area contributed by atoms with E-state index < -0.39 is 11.9 Å². The van der Waals surface area contributed by atoms with Crippen molar-refractivity contribution < 1.29 is 14.0 Å². The summed E-state index contributed by atoms with van der Waals surface area (Å²) in [5.74, 6) is -0.451. The fraction of sp³-hybridized carbons (Fsp3) is 0.208. The van der Waals surface area contributed by atoms with Crippen molar-refractivity contribution in [2.45, 2.75) is 25.8 Å². The van der Waals surface area contributed by atoms with Gasteiger partial charge in [0.2, 0.25) is 5.91 Å². The molecule has 0 bridgehead atoms. The highest BCUT2D eigenvalue weighted by atomic mass is 32.1. The molecule has 4 aromatic rings. The van der Waals surface area contributed by atoms with Crippen LogP contribution in [0.25, 0.3) is 10.6 Å². The first-order chi connectivity index (χ1) is 15.6. The molecule has 3 heterocycles. The van der Waals surface area contributed by atoms with E-state index in [1.807, 2.05) is 37.3 Å². The van der Waals surface area contributed by atoms with Crippen molar-refractivity contribution >= 4 is 34.5 Å². The molecular weight excluding hydrogens is 442 g/mol. The molecule has 0 aliphatic carbocycles. The lowest BCUT2D eigenvalue weighted by Crippen LogP contribution is -2.48. The molecule has 0 saturated heterocycles. The number of aryl methyl sites for hydroxylation is 1. The maximum atomic E-state index is 12.9. The Balaban J connectivity index is 1.36. The third kappa shape index (κ3) is 5.72. The normalized spacial score (nSPS) is 11.8. The molecule has 0 radical (unpaired) electrons. The van der Waals surface area contributed by atoms with Gasteiger partial charge in [0.25, 0.3) is 5.91 Å². The zero-order valence-electron chi connectivity index (χ0n) is 17.5. The van der Waals surface area contributed by atoms with Crippen LogP contribution in [0.4, 0.5) is 0 Å². The van der Waals surface area contributed by atoms with Gasteiger partial charge in [0, 0.05) is 23.2 Å². The molecule has 32 heavy (non-hydrogen) atoms. The van der Waals surface area contributed by atoms with E-state index in [1.165, 1.54) is 11.1 Å². The van der Waals surface area contributed by atoms with E-state index in [4.69, 9.17) is 4.42 Å². The monoisotopic (exact) mass is 465 g/mol. The Morgan fingerprint density at radius 3 is 2.66 bits per heavy atom. The fourth-order valence-corrected chi connectivity index (χ4v) is 4.91. The van der Waals surface area contributed by atoms with E-state index in [9.17, 15) is 9.59 Å². The summed E-state index contributed by atoms with van der Waals surface area (Å²) < 4.78 is 5.16. The van der Waals surface area contributed by atoms with Gasteiger partial charge in [-0.3, -0.25) is 9.59 Å². The van der Waals surface area contributed by atoms with Crippen molar-refractivity contribution in [3.8, 4) is 10.6 Å². The second kappa shape index (κ2) is 10.4. The summed E-state index contributed by atoms with van der Waals surface area (Å²) >= 11 is 3.32. The minimum absolute atomic E-state index is 0.180. The molecule has 2 amide bonds. The summed E-state index contributed by atoms with van der Waals surface area (Å²) in [7, 11) is 0. The van der Waals surface area contributed by atoms with Crippen molar-refractivity contribution in [1.82, 2.24) is 15.6 Å². The second-order valence-corrected chi connectivity index (χ2v) is 9.48. The molecule has 6 nitrogen and oxygen atoms in total. The van der Waals surface area contributed by atoms with E-state index in [-0.39, 0.29) is 11.7 Å². The van der Waals surface area contributed by atoms with E-state index >= 15 is 0 Å². The average Bonchev–Trinajstić information content (AvgIpc) is 3.56. The molecule has 164 valence electrons. The number of hydrogen-bond donors (Lipinski definition) is 2. The van der Waals surface area contributed by atoms with Crippen molar-refractivity contribution in [2.24, 2.45) is 0 Å². The lowest BCUT2D eigenvalue weighted by molar-refractivity contribution is -0.122. The lowest BCUT2D eigenvalue weighted by Gasteiger charge is -2.18. The molecule has 0 aliphatic rings. The van der Waals surface area contributed by atoms with E-state index in [1.54, 1.807) is 34.8 Å². The Bertz CT molecular complexity index is 1170. The highest BCUT2D eigenvalue weighted by Gasteiger charge is 2.23. The van der Waals surface area contributed by atoms with Crippen LogP contribution in [0, 0.1) is 6.92 Å². The summed E-state index contributed by atoms with van der Waals surface area (Å²) in [6.45, 7) is 2.48. The quantitative estimate of drug-likeness (QED) is 0.382. The van der Waals surface area contributed by atoms with Crippen LogP contribution < -0.4 is 10.6 Å². The highest BCUT2D eigenvalue weighted by molar-refractivity contribution is 7.16. The Hall–Kier alpha value is -3.23. The van der Waals surface area contributed by atoms with Gasteiger partial charge in [-0.25, -0.2) is 4.98 Å². The minimum Gasteiger partial charge on any atom is -0.459 e. The molecule has 2 N–H and O–H groups in total. The summed E-state index contributed by atoms with van der Waals surface area (Å²) in [5, 5.41) is 8.86. The van der Waals surface area contributed by atoms with E-state index in [2.05, 4.69) is 33.1 Å². The van der Waals surface area contributed by atoms with Crippen molar-refractivity contribution in [1.29, 1.82) is 0 Å². The van der Waals surface area contributed by atoms with Crippen molar-refractivity contribution in [2.75, 3.05) is 6.54 Å². The molecule has 0 saturated carbocycles. The predicted molar refractivity (Wildman–Crippen MR) is 127 cm³/mol. The Morgan fingerprint density at radius 1 is 1.09 bits per heavy atom. The van der Waals surface area contributed by atoms with E-state index in [0.29, 0.717) is 19.4 Å². The number of amides is 2. The van der Waals surface area contributed by atoms with Gasteiger partial charge in [-0.2, -0.15) is 0 Å². The molecule has 1 aromatic carbocycles. The number of thiazole rings is 1. The highest BCUT2D eigenvalue weighted by Crippen LogP contribution is 2.29. The van der Waals surface area contributed by atoms with Crippen LogP contribution >= 0.6 is 22.7 Å². The molecular formula is C24H23N3O3S2. The second-order valence-electron chi connectivity index (χ2n) is 7.25.